The zero-order valence-electron chi connectivity index (χ0n) is 10.4. The quantitative estimate of drug-likeness (QED) is 0.874. The maximum Gasteiger partial charge on any atom is 0.323 e. The summed E-state index contributed by atoms with van der Waals surface area (Å²) in [6.45, 7) is 2.78. The third-order valence-electron chi connectivity index (χ3n) is 3.56. The van der Waals surface area contributed by atoms with Gasteiger partial charge in [-0.15, -0.1) is 0 Å². The van der Waals surface area contributed by atoms with Crippen LogP contribution in [0.25, 0.3) is 0 Å². The van der Waals surface area contributed by atoms with Crippen molar-refractivity contribution in [1.82, 2.24) is 15.1 Å². The van der Waals surface area contributed by atoms with Crippen molar-refractivity contribution in [1.29, 1.82) is 0 Å². The van der Waals surface area contributed by atoms with Crippen LogP contribution in [-0.4, -0.2) is 32.9 Å². The summed E-state index contributed by atoms with van der Waals surface area (Å²) in [6, 6.07) is 0.164. The number of carboxylic acid groups (broad SMARTS) is 1. The van der Waals surface area contributed by atoms with E-state index in [9.17, 15) is 9.90 Å². The third-order valence-corrected chi connectivity index (χ3v) is 3.96. The van der Waals surface area contributed by atoms with Crippen LogP contribution in [0.3, 0.4) is 0 Å². The Morgan fingerprint density at radius 2 is 2.56 bits per heavy atom. The summed E-state index contributed by atoms with van der Waals surface area (Å²) in [5, 5.41) is 16.9. The molecule has 1 aromatic rings. The molecular formula is C12H18BrN3O2. The monoisotopic (exact) mass is 315 g/mol. The third kappa shape index (κ3) is 2.59. The first-order chi connectivity index (χ1) is 8.57. The number of nitrogens with one attached hydrogen (secondary N) is 1. The lowest BCUT2D eigenvalue weighted by Gasteiger charge is -2.25. The number of hydrogen-bond acceptors (Lipinski definition) is 3. The fraction of sp³-hybridized carbons (Fsp3) is 0.667. The Hall–Kier alpha value is -0.880. The highest BCUT2D eigenvalue weighted by Crippen LogP contribution is 2.38. The molecule has 6 heteroatoms. The predicted octanol–water partition coefficient (Wildman–Crippen LogP) is 2.19. The smallest absolute Gasteiger partial charge is 0.323 e. The molecule has 0 aliphatic heterocycles. The highest BCUT2D eigenvalue weighted by Gasteiger charge is 2.45. The molecule has 2 N–H and O–H groups in total. The molecule has 0 radical (unpaired) electrons. The summed E-state index contributed by atoms with van der Waals surface area (Å²) >= 11 is 3.36. The van der Waals surface area contributed by atoms with Gasteiger partial charge >= 0.3 is 5.97 Å². The Labute approximate surface area is 115 Å². The zero-order valence-corrected chi connectivity index (χ0v) is 12.0. The normalized spacial score (nSPS) is 27.6. The van der Waals surface area contributed by atoms with Gasteiger partial charge < -0.3 is 10.4 Å². The molecule has 1 aliphatic rings. The highest BCUT2D eigenvalue weighted by molar-refractivity contribution is 9.10. The van der Waals surface area contributed by atoms with Gasteiger partial charge in [-0.05, 0) is 48.2 Å². The fourth-order valence-electron chi connectivity index (χ4n) is 2.55. The van der Waals surface area contributed by atoms with E-state index < -0.39 is 11.5 Å². The predicted molar refractivity (Wildman–Crippen MR) is 71.5 cm³/mol. The van der Waals surface area contributed by atoms with Crippen LogP contribution in [0.1, 0.15) is 38.6 Å². The van der Waals surface area contributed by atoms with Crippen LogP contribution in [-0.2, 0) is 4.79 Å². The topological polar surface area (TPSA) is 67.2 Å². The minimum absolute atomic E-state index is 0.164. The van der Waals surface area contributed by atoms with Gasteiger partial charge in [0.2, 0.25) is 0 Å². The van der Waals surface area contributed by atoms with E-state index in [0.29, 0.717) is 12.8 Å². The van der Waals surface area contributed by atoms with E-state index in [0.717, 1.165) is 23.9 Å². The maximum absolute atomic E-state index is 11.5. The zero-order chi connectivity index (χ0) is 13.2. The van der Waals surface area contributed by atoms with Gasteiger partial charge in [0.15, 0.2) is 0 Å². The summed E-state index contributed by atoms with van der Waals surface area (Å²) < 4.78 is 2.79. The Balaban J connectivity index is 2.10. The Morgan fingerprint density at radius 3 is 3.11 bits per heavy atom. The molecule has 0 aromatic carbocycles. The first-order valence-electron chi connectivity index (χ1n) is 6.25. The van der Waals surface area contributed by atoms with Gasteiger partial charge in [-0.25, -0.2) is 0 Å². The van der Waals surface area contributed by atoms with Gasteiger partial charge in [-0.1, -0.05) is 6.92 Å². The van der Waals surface area contributed by atoms with E-state index in [2.05, 4.69) is 26.3 Å². The van der Waals surface area contributed by atoms with Crippen molar-refractivity contribution >= 4 is 21.9 Å². The van der Waals surface area contributed by atoms with Crippen LogP contribution in [0, 0.1) is 0 Å². The molecule has 1 fully saturated rings. The SMILES string of the molecule is CCCNC1(C(=O)O)CCC(n2cc(Br)cn2)C1. The molecule has 1 saturated carbocycles. The average molecular weight is 316 g/mol. The first kappa shape index (κ1) is 13.5. The molecule has 18 heavy (non-hydrogen) atoms. The summed E-state index contributed by atoms with van der Waals surface area (Å²) in [5.74, 6) is -0.746. The van der Waals surface area contributed by atoms with Gasteiger partial charge in [-0.2, -0.15) is 5.10 Å². The number of halogens is 1. The number of nitrogens with zero attached hydrogens (tertiary/aromatic N) is 2. The second-order valence-corrected chi connectivity index (χ2v) is 5.76. The minimum atomic E-state index is -0.779. The number of aromatic nitrogens is 2. The van der Waals surface area contributed by atoms with Crippen molar-refractivity contribution in [2.75, 3.05) is 6.54 Å². The van der Waals surface area contributed by atoms with Crippen LogP contribution in [0.2, 0.25) is 0 Å². The lowest BCUT2D eigenvalue weighted by atomic mass is 9.97. The number of carbonyl (C=O) groups is 1. The van der Waals surface area contributed by atoms with Crippen molar-refractivity contribution in [3.63, 3.8) is 0 Å². The first-order valence-corrected chi connectivity index (χ1v) is 7.05. The van der Waals surface area contributed by atoms with Crippen molar-refractivity contribution in [2.45, 2.75) is 44.2 Å². The molecule has 1 aromatic heterocycles. The highest BCUT2D eigenvalue weighted by atomic mass is 79.9. The largest absolute Gasteiger partial charge is 0.480 e. The van der Waals surface area contributed by atoms with Crippen molar-refractivity contribution in [2.24, 2.45) is 0 Å². The van der Waals surface area contributed by atoms with Crippen LogP contribution in [0.5, 0.6) is 0 Å². The lowest BCUT2D eigenvalue weighted by molar-refractivity contribution is -0.144. The van der Waals surface area contributed by atoms with E-state index in [1.165, 1.54) is 0 Å². The van der Waals surface area contributed by atoms with Crippen LogP contribution < -0.4 is 5.32 Å². The summed E-state index contributed by atoms with van der Waals surface area (Å²) in [6.07, 6.45) is 6.67. The number of aliphatic carboxylic acids is 1. The molecule has 2 rings (SSSR count). The average Bonchev–Trinajstić information content (AvgIpc) is 2.93. The molecule has 2 atom stereocenters. The Morgan fingerprint density at radius 1 is 1.78 bits per heavy atom. The standard InChI is InChI=1S/C12H18BrN3O2/c1-2-5-14-12(11(17)18)4-3-10(6-12)16-8-9(13)7-15-16/h7-8,10,14H,2-6H2,1H3,(H,17,18). The second-order valence-electron chi connectivity index (χ2n) is 4.85. The van der Waals surface area contributed by atoms with Gasteiger partial charge in [0.1, 0.15) is 5.54 Å². The van der Waals surface area contributed by atoms with E-state index >= 15 is 0 Å². The lowest BCUT2D eigenvalue weighted by Crippen LogP contribution is -2.50. The van der Waals surface area contributed by atoms with E-state index in [4.69, 9.17) is 0 Å². The summed E-state index contributed by atoms with van der Waals surface area (Å²) in [5.41, 5.74) is -0.779. The maximum atomic E-state index is 11.5. The van der Waals surface area contributed by atoms with E-state index in [-0.39, 0.29) is 6.04 Å². The minimum Gasteiger partial charge on any atom is -0.480 e. The van der Waals surface area contributed by atoms with Gasteiger partial charge in [0.25, 0.3) is 0 Å². The van der Waals surface area contributed by atoms with Gasteiger partial charge in [-0.3, -0.25) is 9.48 Å². The van der Waals surface area contributed by atoms with Crippen molar-refractivity contribution in [3.05, 3.63) is 16.9 Å². The van der Waals surface area contributed by atoms with E-state index in [1.807, 2.05) is 17.8 Å². The fourth-order valence-corrected chi connectivity index (χ4v) is 2.86. The molecule has 0 spiro atoms. The number of carboxylic acids is 1. The molecule has 2 unspecified atom stereocenters. The van der Waals surface area contributed by atoms with Crippen LogP contribution >= 0.6 is 15.9 Å². The van der Waals surface area contributed by atoms with Crippen molar-refractivity contribution < 1.29 is 9.90 Å². The van der Waals surface area contributed by atoms with Crippen LogP contribution in [0.15, 0.2) is 16.9 Å². The van der Waals surface area contributed by atoms with Gasteiger partial charge in [0.05, 0.1) is 16.7 Å². The van der Waals surface area contributed by atoms with Crippen molar-refractivity contribution in [3.8, 4) is 0 Å². The molecule has 0 bridgehead atoms. The molecule has 0 amide bonds. The molecule has 0 saturated heterocycles. The number of rotatable bonds is 5. The second kappa shape index (κ2) is 5.40. The molecule has 1 aliphatic carbocycles. The van der Waals surface area contributed by atoms with Gasteiger partial charge in [0, 0.05) is 6.20 Å². The number of hydrogen-bond donors (Lipinski definition) is 2. The molecular weight excluding hydrogens is 298 g/mol. The van der Waals surface area contributed by atoms with E-state index in [1.54, 1.807) is 6.20 Å². The van der Waals surface area contributed by atoms with Crippen LogP contribution in [0.4, 0.5) is 0 Å². The summed E-state index contributed by atoms with van der Waals surface area (Å²) in [4.78, 5) is 11.5. The summed E-state index contributed by atoms with van der Waals surface area (Å²) in [7, 11) is 0. The Kier molecular flexibility index (Phi) is 4.07. The molecule has 1 heterocycles. The Bertz CT molecular complexity index is 435. The molecule has 100 valence electrons. The molecule has 5 nitrogen and oxygen atoms in total.